The number of anilines is 1. The molecule has 0 spiro atoms. The van der Waals surface area contributed by atoms with Gasteiger partial charge in [-0.25, -0.2) is 0 Å². The van der Waals surface area contributed by atoms with Gasteiger partial charge in [-0.3, -0.25) is 0 Å². The summed E-state index contributed by atoms with van der Waals surface area (Å²) >= 11 is 6.55. The van der Waals surface area contributed by atoms with Crippen molar-refractivity contribution in [1.82, 2.24) is 0 Å². The topological polar surface area (TPSA) is 29.3 Å². The van der Waals surface area contributed by atoms with Gasteiger partial charge in [-0.1, -0.05) is 12.2 Å². The minimum atomic E-state index is -4.46. The van der Waals surface area contributed by atoms with Crippen LogP contribution in [0.1, 0.15) is 25.0 Å². The predicted molar refractivity (Wildman–Crippen MR) is 86.1 cm³/mol. The third kappa shape index (κ3) is 3.83. The molecule has 0 atom stereocenters. The average Bonchev–Trinajstić information content (AvgIpc) is 2.35. The quantitative estimate of drug-likeness (QED) is 0.836. The largest absolute Gasteiger partial charge is 0.417 e. The molecule has 0 aliphatic carbocycles. The van der Waals surface area contributed by atoms with Crippen LogP contribution in [0.4, 0.5) is 18.9 Å². The fraction of sp³-hybridized carbons (Fsp3) is 0.500. The zero-order valence-corrected chi connectivity index (χ0v) is 13.5. The van der Waals surface area contributed by atoms with Crippen molar-refractivity contribution in [2.24, 2.45) is 5.73 Å². The predicted octanol–water partition coefficient (Wildman–Crippen LogP) is 3.67. The summed E-state index contributed by atoms with van der Waals surface area (Å²) in [5, 5.41) is 0. The molecule has 1 saturated heterocycles. The summed E-state index contributed by atoms with van der Waals surface area (Å²) in [6.45, 7) is 5.63. The molecular formula is C14H17F3N2S2. The van der Waals surface area contributed by atoms with E-state index < -0.39 is 11.7 Å². The maximum absolute atomic E-state index is 13.2. The van der Waals surface area contributed by atoms with Gasteiger partial charge in [-0.2, -0.15) is 24.9 Å². The number of thiocarbonyl (C=S) groups is 1. The number of nitrogens with zero attached hydrogens (tertiary/aromatic N) is 1. The Morgan fingerprint density at radius 3 is 2.57 bits per heavy atom. The highest BCUT2D eigenvalue weighted by Crippen LogP contribution is 2.37. The van der Waals surface area contributed by atoms with Gasteiger partial charge in [0.2, 0.25) is 0 Å². The smallest absolute Gasteiger partial charge is 0.389 e. The number of thioether (sulfide) groups is 1. The van der Waals surface area contributed by atoms with Crippen molar-refractivity contribution in [3.63, 3.8) is 0 Å². The first-order valence-electron chi connectivity index (χ1n) is 6.50. The Hall–Kier alpha value is -0.950. The third-order valence-electron chi connectivity index (χ3n) is 3.36. The Bertz CT molecular complexity index is 556. The number of hydrogen-bond donors (Lipinski definition) is 1. The van der Waals surface area contributed by atoms with Gasteiger partial charge in [0.15, 0.2) is 0 Å². The summed E-state index contributed by atoms with van der Waals surface area (Å²) in [7, 11) is 0. The van der Waals surface area contributed by atoms with Gasteiger partial charge in [-0.05, 0) is 32.0 Å². The standard InChI is InChI=1S/C14H17F3N2S2/c1-13(2)8-19(5-6-21-13)9-3-4-10(12(18)20)11(7-9)14(15,16)17/h3-4,7H,5-6,8H2,1-2H3,(H2,18,20). The second kappa shape index (κ2) is 5.68. The van der Waals surface area contributed by atoms with Gasteiger partial charge in [0.05, 0.1) is 5.56 Å². The molecule has 1 aliphatic rings. The van der Waals surface area contributed by atoms with Crippen LogP contribution >= 0.6 is 24.0 Å². The first-order valence-corrected chi connectivity index (χ1v) is 7.89. The molecule has 2 nitrogen and oxygen atoms in total. The van der Waals surface area contributed by atoms with Gasteiger partial charge in [0.1, 0.15) is 4.99 Å². The number of alkyl halides is 3. The van der Waals surface area contributed by atoms with E-state index in [2.05, 4.69) is 13.8 Å². The summed E-state index contributed by atoms with van der Waals surface area (Å²) < 4.78 is 39.5. The summed E-state index contributed by atoms with van der Waals surface area (Å²) in [5.74, 6) is 0.894. The van der Waals surface area contributed by atoms with E-state index in [1.807, 2.05) is 16.7 Å². The fourth-order valence-electron chi connectivity index (χ4n) is 2.42. The monoisotopic (exact) mass is 334 g/mol. The van der Waals surface area contributed by atoms with Crippen LogP contribution in [0.25, 0.3) is 0 Å². The molecule has 0 amide bonds. The maximum Gasteiger partial charge on any atom is 0.417 e. The van der Waals surface area contributed by atoms with Crippen LogP contribution in [0.15, 0.2) is 18.2 Å². The van der Waals surface area contributed by atoms with Crippen LogP contribution in [-0.2, 0) is 6.18 Å². The molecule has 0 radical (unpaired) electrons. The number of nitrogens with two attached hydrogens (primary N) is 1. The normalized spacial score (nSPS) is 18.6. The van der Waals surface area contributed by atoms with Crippen LogP contribution in [0, 0.1) is 0 Å². The fourth-order valence-corrected chi connectivity index (χ4v) is 3.70. The zero-order chi connectivity index (χ0) is 15.8. The molecule has 1 aliphatic heterocycles. The molecule has 0 unspecified atom stereocenters. The SMILES string of the molecule is CC1(C)CN(c2ccc(C(N)=S)c(C(F)(F)F)c2)CCS1. The van der Waals surface area contributed by atoms with Gasteiger partial charge in [0.25, 0.3) is 0 Å². The molecule has 1 aromatic rings. The first kappa shape index (κ1) is 16.4. The molecule has 2 rings (SSSR count). The van der Waals surface area contributed by atoms with Crippen LogP contribution < -0.4 is 10.6 Å². The molecule has 7 heteroatoms. The summed E-state index contributed by atoms with van der Waals surface area (Å²) in [5.41, 5.74) is 5.08. The molecule has 21 heavy (non-hydrogen) atoms. The van der Waals surface area contributed by atoms with E-state index >= 15 is 0 Å². The Labute approximate surface area is 131 Å². The van der Waals surface area contributed by atoms with Crippen molar-refractivity contribution in [3.8, 4) is 0 Å². The van der Waals surface area contributed by atoms with Crippen molar-refractivity contribution < 1.29 is 13.2 Å². The molecule has 1 fully saturated rings. The van der Waals surface area contributed by atoms with Crippen molar-refractivity contribution in [2.75, 3.05) is 23.7 Å². The van der Waals surface area contributed by atoms with Crippen molar-refractivity contribution >= 4 is 34.7 Å². The summed E-state index contributed by atoms with van der Waals surface area (Å²) in [6, 6.07) is 4.19. The van der Waals surface area contributed by atoms with E-state index in [0.29, 0.717) is 12.2 Å². The lowest BCUT2D eigenvalue weighted by atomic mass is 10.0. The lowest BCUT2D eigenvalue weighted by molar-refractivity contribution is -0.137. The van der Waals surface area contributed by atoms with Gasteiger partial charge >= 0.3 is 6.18 Å². The van der Waals surface area contributed by atoms with E-state index in [0.717, 1.165) is 18.4 Å². The lowest BCUT2D eigenvalue weighted by Gasteiger charge is -2.39. The highest BCUT2D eigenvalue weighted by molar-refractivity contribution is 8.00. The number of benzene rings is 1. The Balaban J connectivity index is 2.40. The Kier molecular flexibility index (Phi) is 4.44. The molecular weight excluding hydrogens is 317 g/mol. The van der Waals surface area contributed by atoms with E-state index in [9.17, 15) is 13.2 Å². The molecule has 2 N–H and O–H groups in total. The second-order valence-electron chi connectivity index (χ2n) is 5.62. The highest BCUT2D eigenvalue weighted by Gasteiger charge is 2.35. The number of hydrogen-bond acceptors (Lipinski definition) is 3. The van der Waals surface area contributed by atoms with Crippen LogP contribution in [0.2, 0.25) is 0 Å². The zero-order valence-electron chi connectivity index (χ0n) is 11.8. The molecule has 0 bridgehead atoms. The van der Waals surface area contributed by atoms with Crippen LogP contribution in [-0.4, -0.2) is 28.6 Å². The third-order valence-corrected chi connectivity index (χ3v) is 4.88. The minimum Gasteiger partial charge on any atom is -0.389 e. The maximum atomic E-state index is 13.2. The number of halogens is 3. The van der Waals surface area contributed by atoms with Crippen molar-refractivity contribution in [1.29, 1.82) is 0 Å². The lowest BCUT2D eigenvalue weighted by Crippen LogP contribution is -2.43. The molecule has 1 aromatic carbocycles. The summed E-state index contributed by atoms with van der Waals surface area (Å²) in [4.78, 5) is 1.75. The Morgan fingerprint density at radius 2 is 2.05 bits per heavy atom. The van der Waals surface area contributed by atoms with Crippen LogP contribution in [0.3, 0.4) is 0 Å². The van der Waals surface area contributed by atoms with Crippen LogP contribution in [0.5, 0.6) is 0 Å². The number of rotatable bonds is 2. The van der Waals surface area contributed by atoms with Crippen molar-refractivity contribution in [2.45, 2.75) is 24.8 Å². The van der Waals surface area contributed by atoms with Gasteiger partial charge in [0, 0.05) is 34.8 Å². The molecule has 0 saturated carbocycles. The van der Waals surface area contributed by atoms with Gasteiger partial charge < -0.3 is 10.6 Å². The molecule has 116 valence electrons. The molecule has 1 heterocycles. The summed E-state index contributed by atoms with van der Waals surface area (Å²) in [6.07, 6.45) is -4.46. The van der Waals surface area contributed by atoms with E-state index in [-0.39, 0.29) is 15.3 Å². The average molecular weight is 334 g/mol. The molecule has 0 aromatic heterocycles. The first-order chi connectivity index (χ1) is 9.60. The van der Waals surface area contributed by atoms with Crippen molar-refractivity contribution in [3.05, 3.63) is 29.3 Å². The highest BCUT2D eigenvalue weighted by atomic mass is 32.2. The van der Waals surface area contributed by atoms with E-state index in [4.69, 9.17) is 18.0 Å². The Morgan fingerprint density at radius 1 is 1.38 bits per heavy atom. The second-order valence-corrected chi connectivity index (χ2v) is 7.86. The van der Waals surface area contributed by atoms with E-state index in [1.165, 1.54) is 6.07 Å². The van der Waals surface area contributed by atoms with E-state index in [1.54, 1.807) is 6.07 Å². The minimum absolute atomic E-state index is 0.0263. The van der Waals surface area contributed by atoms with Gasteiger partial charge in [-0.15, -0.1) is 0 Å².